The minimum atomic E-state index is -0.191. The summed E-state index contributed by atoms with van der Waals surface area (Å²) in [7, 11) is 0. The van der Waals surface area contributed by atoms with Crippen LogP contribution in [0.2, 0.25) is 5.02 Å². The average Bonchev–Trinajstić information content (AvgIpc) is 2.39. The quantitative estimate of drug-likeness (QED) is 0.632. The van der Waals surface area contributed by atoms with E-state index in [2.05, 4.69) is 19.2 Å². The molecule has 1 rings (SSSR count). The van der Waals surface area contributed by atoms with Crippen molar-refractivity contribution in [3.63, 3.8) is 0 Å². The minimum Gasteiger partial charge on any atom is -0.314 e. The largest absolute Gasteiger partial charge is 0.314 e. The molecule has 0 aliphatic heterocycles. The van der Waals surface area contributed by atoms with Gasteiger partial charge in [0.15, 0.2) is 0 Å². The van der Waals surface area contributed by atoms with Crippen molar-refractivity contribution in [2.75, 3.05) is 6.54 Å². The van der Waals surface area contributed by atoms with Crippen molar-refractivity contribution in [3.8, 4) is 0 Å². The molecule has 0 fully saturated rings. The third-order valence-corrected chi connectivity index (χ3v) is 3.77. The Labute approximate surface area is 121 Å². The number of likely N-dealkylation sites (N-methyl/N-ethyl adjacent to an activating group) is 1. The summed E-state index contributed by atoms with van der Waals surface area (Å²) in [5.41, 5.74) is 0.644. The van der Waals surface area contributed by atoms with E-state index >= 15 is 0 Å². The summed E-state index contributed by atoms with van der Waals surface area (Å²) in [6.45, 7) is 5.20. The second kappa shape index (κ2) is 9.33. The molecule has 0 spiro atoms. The maximum Gasteiger partial charge on any atom is 0.127 e. The van der Waals surface area contributed by atoms with Crippen LogP contribution in [0.1, 0.15) is 51.5 Å². The molecule has 0 amide bonds. The van der Waals surface area contributed by atoms with E-state index in [9.17, 15) is 4.39 Å². The molecule has 1 aromatic carbocycles. The summed E-state index contributed by atoms with van der Waals surface area (Å²) in [5, 5.41) is 3.98. The van der Waals surface area contributed by atoms with Crippen LogP contribution in [-0.4, -0.2) is 12.6 Å². The number of benzene rings is 1. The van der Waals surface area contributed by atoms with Crippen LogP contribution in [-0.2, 0) is 6.42 Å². The fourth-order valence-corrected chi connectivity index (χ4v) is 2.60. The van der Waals surface area contributed by atoms with Gasteiger partial charge in [-0.25, -0.2) is 4.39 Å². The van der Waals surface area contributed by atoms with Gasteiger partial charge >= 0.3 is 0 Å². The summed E-state index contributed by atoms with van der Waals surface area (Å²) in [6.07, 6.45) is 6.72. The summed E-state index contributed by atoms with van der Waals surface area (Å²) < 4.78 is 13.8. The predicted molar refractivity (Wildman–Crippen MR) is 81.3 cm³/mol. The lowest BCUT2D eigenvalue weighted by atomic mass is 9.99. The van der Waals surface area contributed by atoms with Gasteiger partial charge in [0.1, 0.15) is 5.82 Å². The zero-order valence-electron chi connectivity index (χ0n) is 12.0. The molecule has 1 aromatic rings. The number of hydrogen-bond acceptors (Lipinski definition) is 1. The van der Waals surface area contributed by atoms with Crippen molar-refractivity contribution in [2.45, 2.75) is 58.4 Å². The van der Waals surface area contributed by atoms with Crippen LogP contribution < -0.4 is 5.32 Å². The molecule has 0 saturated heterocycles. The summed E-state index contributed by atoms with van der Waals surface area (Å²) in [4.78, 5) is 0. The highest BCUT2D eigenvalue weighted by atomic mass is 35.5. The van der Waals surface area contributed by atoms with Crippen LogP contribution in [0.4, 0.5) is 4.39 Å². The van der Waals surface area contributed by atoms with E-state index < -0.39 is 0 Å². The normalized spacial score (nSPS) is 12.6. The molecule has 1 nitrogen and oxygen atoms in total. The molecule has 1 unspecified atom stereocenters. The number of halogens is 2. The Morgan fingerprint density at radius 3 is 2.63 bits per heavy atom. The first-order chi connectivity index (χ1) is 9.19. The predicted octanol–water partition coefficient (Wildman–Crippen LogP) is 4.97. The molecule has 0 heterocycles. The highest BCUT2D eigenvalue weighted by Crippen LogP contribution is 2.22. The van der Waals surface area contributed by atoms with Crippen molar-refractivity contribution in [1.82, 2.24) is 5.32 Å². The minimum absolute atomic E-state index is 0.191. The van der Waals surface area contributed by atoms with Gasteiger partial charge in [0.2, 0.25) is 0 Å². The van der Waals surface area contributed by atoms with Crippen LogP contribution in [0, 0.1) is 5.82 Å². The number of nitrogens with one attached hydrogen (secondary N) is 1. The van der Waals surface area contributed by atoms with Crippen LogP contribution in [0.15, 0.2) is 18.2 Å². The zero-order valence-corrected chi connectivity index (χ0v) is 12.8. The van der Waals surface area contributed by atoms with Crippen molar-refractivity contribution in [2.24, 2.45) is 0 Å². The Balaban J connectivity index is 2.57. The first-order valence-corrected chi connectivity index (χ1v) is 7.73. The lowest BCUT2D eigenvalue weighted by molar-refractivity contribution is 0.455. The van der Waals surface area contributed by atoms with Gasteiger partial charge in [0, 0.05) is 16.6 Å². The van der Waals surface area contributed by atoms with Gasteiger partial charge in [-0.3, -0.25) is 0 Å². The molecule has 0 radical (unpaired) electrons. The van der Waals surface area contributed by atoms with E-state index in [0.29, 0.717) is 23.0 Å². The summed E-state index contributed by atoms with van der Waals surface area (Å²) in [6, 6.07) is 5.22. The average molecular weight is 286 g/mol. The fourth-order valence-electron chi connectivity index (χ4n) is 2.36. The Kier molecular flexibility index (Phi) is 8.08. The standard InChI is InChI=1S/C16H25ClFN/c1-3-5-6-7-9-13(19-4-2)12-14-15(17)10-8-11-16(14)18/h8,10-11,13,19H,3-7,9,12H2,1-2H3. The Bertz CT molecular complexity index is 348. The summed E-state index contributed by atoms with van der Waals surface area (Å²) in [5.74, 6) is -0.191. The number of hydrogen-bond donors (Lipinski definition) is 1. The topological polar surface area (TPSA) is 12.0 Å². The smallest absolute Gasteiger partial charge is 0.127 e. The maximum atomic E-state index is 13.8. The first-order valence-electron chi connectivity index (χ1n) is 7.35. The van der Waals surface area contributed by atoms with Gasteiger partial charge in [-0.15, -0.1) is 0 Å². The number of unbranched alkanes of at least 4 members (excludes halogenated alkanes) is 3. The van der Waals surface area contributed by atoms with E-state index in [0.717, 1.165) is 13.0 Å². The number of rotatable bonds is 9. The third kappa shape index (κ3) is 5.92. The lowest BCUT2D eigenvalue weighted by Crippen LogP contribution is -2.31. The fraction of sp³-hybridized carbons (Fsp3) is 0.625. The monoisotopic (exact) mass is 285 g/mol. The second-order valence-corrected chi connectivity index (χ2v) is 5.42. The molecule has 0 aliphatic carbocycles. The molecule has 0 bridgehead atoms. The summed E-state index contributed by atoms with van der Waals surface area (Å²) >= 11 is 6.09. The van der Waals surface area contributed by atoms with E-state index in [1.54, 1.807) is 12.1 Å². The highest BCUT2D eigenvalue weighted by Gasteiger charge is 2.13. The molecule has 0 saturated carbocycles. The SMILES string of the molecule is CCCCCCC(Cc1c(F)cccc1Cl)NCC. The lowest BCUT2D eigenvalue weighted by Gasteiger charge is -2.19. The zero-order chi connectivity index (χ0) is 14.1. The molecule has 0 aromatic heterocycles. The van der Waals surface area contributed by atoms with Gasteiger partial charge in [-0.1, -0.05) is 57.2 Å². The van der Waals surface area contributed by atoms with Crippen LogP contribution in [0.5, 0.6) is 0 Å². The van der Waals surface area contributed by atoms with Crippen LogP contribution >= 0.6 is 11.6 Å². The second-order valence-electron chi connectivity index (χ2n) is 5.01. The Morgan fingerprint density at radius 2 is 2.00 bits per heavy atom. The van der Waals surface area contributed by atoms with Gasteiger partial charge in [0.05, 0.1) is 0 Å². The molecular weight excluding hydrogens is 261 g/mol. The molecule has 1 N–H and O–H groups in total. The van der Waals surface area contributed by atoms with Crippen molar-refractivity contribution < 1.29 is 4.39 Å². The molecule has 108 valence electrons. The van der Waals surface area contributed by atoms with Crippen LogP contribution in [0.3, 0.4) is 0 Å². The molecule has 19 heavy (non-hydrogen) atoms. The molecule has 3 heteroatoms. The van der Waals surface area contributed by atoms with Gasteiger partial charge in [-0.05, 0) is 31.5 Å². The highest BCUT2D eigenvalue weighted by molar-refractivity contribution is 6.31. The van der Waals surface area contributed by atoms with E-state index in [1.807, 2.05) is 0 Å². The molecule has 1 atom stereocenters. The first kappa shape index (κ1) is 16.5. The van der Waals surface area contributed by atoms with E-state index in [-0.39, 0.29) is 5.82 Å². The third-order valence-electron chi connectivity index (χ3n) is 3.41. The molecular formula is C16H25ClFN. The van der Waals surface area contributed by atoms with E-state index in [4.69, 9.17) is 11.6 Å². The molecule has 0 aliphatic rings. The van der Waals surface area contributed by atoms with Crippen molar-refractivity contribution >= 4 is 11.6 Å². The Morgan fingerprint density at radius 1 is 1.21 bits per heavy atom. The van der Waals surface area contributed by atoms with Crippen molar-refractivity contribution in [1.29, 1.82) is 0 Å². The van der Waals surface area contributed by atoms with Crippen LogP contribution in [0.25, 0.3) is 0 Å². The van der Waals surface area contributed by atoms with Gasteiger partial charge in [-0.2, -0.15) is 0 Å². The Hall–Kier alpha value is -0.600. The van der Waals surface area contributed by atoms with Gasteiger partial charge in [0.25, 0.3) is 0 Å². The van der Waals surface area contributed by atoms with E-state index in [1.165, 1.54) is 31.7 Å². The van der Waals surface area contributed by atoms with Gasteiger partial charge < -0.3 is 5.32 Å². The maximum absolute atomic E-state index is 13.8. The van der Waals surface area contributed by atoms with Crippen molar-refractivity contribution in [3.05, 3.63) is 34.6 Å².